The van der Waals surface area contributed by atoms with Crippen LogP contribution in [0.4, 0.5) is 0 Å². The number of aromatic nitrogens is 1. The van der Waals surface area contributed by atoms with Crippen LogP contribution in [0.2, 0.25) is 0 Å². The van der Waals surface area contributed by atoms with Crippen LogP contribution in [0.3, 0.4) is 0 Å². The SMILES string of the molecule is COC(=O)[C@H]1[C@H]2C[C@@H]3c4[nH]c5ccccc5c4CCN3C[C@H]2C[C@@H](OC(=O)c2cc(OC)c(OC)c(OC)c2)[C@@H]1OC.Cl.OC(CCN1CCCCC1)(c1ccccc1)C1CCCCC1. The zero-order valence-corrected chi connectivity index (χ0v) is 39.7. The number of hydrogen-bond donors (Lipinski definition) is 2. The van der Waals surface area contributed by atoms with Crippen LogP contribution in [0.5, 0.6) is 17.2 Å². The van der Waals surface area contributed by atoms with Crippen LogP contribution >= 0.6 is 12.4 Å². The van der Waals surface area contributed by atoms with Gasteiger partial charge in [-0.3, -0.25) is 9.69 Å². The number of esters is 2. The summed E-state index contributed by atoms with van der Waals surface area (Å²) in [5.74, 6) is 0.184. The molecule has 0 amide bonds. The van der Waals surface area contributed by atoms with Gasteiger partial charge in [-0.2, -0.15) is 0 Å². The molecule has 2 N–H and O–H groups in total. The molecule has 4 heterocycles. The Kier molecular flexibility index (Phi) is 16.4. The zero-order valence-electron chi connectivity index (χ0n) is 38.9. The highest BCUT2D eigenvalue weighted by atomic mass is 35.5. The molecule has 9 rings (SSSR count). The number of carbonyl (C=O) groups excluding carboxylic acids is 2. The Morgan fingerprint density at radius 1 is 0.815 bits per heavy atom. The third-order valence-corrected chi connectivity index (χ3v) is 15.3. The van der Waals surface area contributed by atoms with E-state index in [0.29, 0.717) is 29.6 Å². The van der Waals surface area contributed by atoms with Gasteiger partial charge in [-0.05, 0) is 112 Å². The molecule has 0 bridgehead atoms. The molecule has 1 aromatic heterocycles. The number of H-pyrrole nitrogens is 1. The molecular weight excluding hydrogens is 846 g/mol. The van der Waals surface area contributed by atoms with Crippen molar-refractivity contribution in [1.29, 1.82) is 0 Å². The minimum Gasteiger partial charge on any atom is -0.493 e. The van der Waals surface area contributed by atoms with E-state index in [1.165, 1.54) is 110 Å². The monoisotopic (exact) mass is 915 g/mol. The average Bonchev–Trinajstić information content (AvgIpc) is 3.74. The molecule has 13 heteroatoms. The Balaban J connectivity index is 0.000000231. The molecule has 12 nitrogen and oxygen atoms in total. The molecule has 354 valence electrons. The first-order valence-electron chi connectivity index (χ1n) is 23.7. The molecule has 4 aromatic rings. The molecule has 7 atom stereocenters. The van der Waals surface area contributed by atoms with E-state index in [-0.39, 0.29) is 41.8 Å². The number of benzene rings is 3. The molecule has 2 aliphatic carbocycles. The number of methoxy groups -OCH3 is 5. The average molecular weight is 917 g/mol. The zero-order chi connectivity index (χ0) is 44.8. The number of ether oxygens (including phenoxy) is 6. The second-order valence-electron chi connectivity index (χ2n) is 18.6. The van der Waals surface area contributed by atoms with Crippen molar-refractivity contribution in [3.8, 4) is 17.2 Å². The van der Waals surface area contributed by atoms with Crippen LogP contribution in [-0.4, -0.2) is 112 Å². The fourth-order valence-corrected chi connectivity index (χ4v) is 12.0. The predicted octanol–water partition coefficient (Wildman–Crippen LogP) is 8.91. The van der Waals surface area contributed by atoms with Crippen LogP contribution in [0.25, 0.3) is 10.9 Å². The Morgan fingerprint density at radius 3 is 2.15 bits per heavy atom. The van der Waals surface area contributed by atoms with E-state index in [2.05, 4.69) is 69.4 Å². The molecule has 2 saturated heterocycles. The number of aliphatic hydroxyl groups is 1. The number of nitrogens with one attached hydrogen (secondary N) is 1. The quantitative estimate of drug-likeness (QED) is 0.132. The lowest BCUT2D eigenvalue weighted by Gasteiger charge is -2.52. The van der Waals surface area contributed by atoms with Gasteiger partial charge in [0.1, 0.15) is 12.2 Å². The summed E-state index contributed by atoms with van der Waals surface area (Å²) in [6, 6.07) is 22.2. The minimum absolute atomic E-state index is 0. The fourth-order valence-electron chi connectivity index (χ4n) is 12.0. The van der Waals surface area contributed by atoms with Crippen molar-refractivity contribution in [2.75, 3.05) is 68.3 Å². The van der Waals surface area contributed by atoms with Crippen LogP contribution in [0.1, 0.15) is 104 Å². The maximum Gasteiger partial charge on any atom is 0.338 e. The van der Waals surface area contributed by atoms with Gasteiger partial charge < -0.3 is 43.4 Å². The van der Waals surface area contributed by atoms with Gasteiger partial charge in [0.15, 0.2) is 11.5 Å². The molecule has 1 unspecified atom stereocenters. The van der Waals surface area contributed by atoms with Crippen LogP contribution < -0.4 is 14.2 Å². The Bertz CT molecular complexity index is 2170. The van der Waals surface area contributed by atoms with Crippen LogP contribution in [0, 0.1) is 23.7 Å². The second kappa shape index (κ2) is 22.0. The van der Waals surface area contributed by atoms with Crippen molar-refractivity contribution >= 4 is 35.2 Å². The Morgan fingerprint density at radius 2 is 1.49 bits per heavy atom. The van der Waals surface area contributed by atoms with Gasteiger partial charge in [0.25, 0.3) is 0 Å². The van der Waals surface area contributed by atoms with E-state index in [9.17, 15) is 14.7 Å². The van der Waals surface area contributed by atoms with Gasteiger partial charge in [0, 0.05) is 43.3 Å². The van der Waals surface area contributed by atoms with Crippen LogP contribution in [-0.2, 0) is 31.0 Å². The first-order chi connectivity index (χ1) is 31.2. The third kappa shape index (κ3) is 10.2. The highest BCUT2D eigenvalue weighted by Gasteiger charge is 2.54. The Hall–Kier alpha value is -4.33. The van der Waals surface area contributed by atoms with Crippen LogP contribution in [0.15, 0.2) is 66.7 Å². The van der Waals surface area contributed by atoms with Gasteiger partial charge in [-0.1, -0.05) is 74.2 Å². The molecule has 0 radical (unpaired) electrons. The third-order valence-electron chi connectivity index (χ3n) is 15.3. The molecular formula is C52H70ClN3O9. The summed E-state index contributed by atoms with van der Waals surface area (Å²) in [5, 5.41) is 12.9. The van der Waals surface area contributed by atoms with E-state index in [0.717, 1.165) is 50.0 Å². The van der Waals surface area contributed by atoms with Crippen molar-refractivity contribution < 1.29 is 43.1 Å². The summed E-state index contributed by atoms with van der Waals surface area (Å²) in [5.41, 5.74) is 4.53. The number of piperidine rings is 2. The van der Waals surface area contributed by atoms with E-state index in [1.807, 2.05) is 0 Å². The first kappa shape index (κ1) is 48.6. The normalized spacial score (nSPS) is 25.5. The number of rotatable bonds is 12. The summed E-state index contributed by atoms with van der Waals surface area (Å²) < 4.78 is 33.6. The smallest absolute Gasteiger partial charge is 0.338 e. The van der Waals surface area contributed by atoms with Gasteiger partial charge >= 0.3 is 11.9 Å². The molecule has 2 saturated carbocycles. The summed E-state index contributed by atoms with van der Waals surface area (Å²) in [7, 11) is 7.45. The van der Waals surface area contributed by atoms with Crippen molar-refractivity contribution in [1.82, 2.24) is 14.8 Å². The van der Waals surface area contributed by atoms with E-state index in [1.54, 1.807) is 19.2 Å². The Labute approximate surface area is 391 Å². The molecule has 3 aromatic carbocycles. The topological polar surface area (TPSA) is 132 Å². The van der Waals surface area contributed by atoms with Gasteiger partial charge in [-0.15, -0.1) is 12.4 Å². The number of likely N-dealkylation sites (tertiary alicyclic amines) is 1. The van der Waals surface area contributed by atoms with Crippen molar-refractivity contribution in [3.63, 3.8) is 0 Å². The minimum atomic E-state index is -0.651. The number of aromatic amines is 1. The fraction of sp³-hybridized carbons (Fsp3) is 0.577. The standard InChI is InChI=1S/C32H38N2O8.C20H31NO.ClH/c1-37-24-12-17(13-25(38-2)29(24)39-3)31(35)42-26-14-18-16-34-11-10-20-19-8-6-7-9-22(19)33-28(20)23(34)15-21(18)27(30(26)40-4)32(36)41-5;22-20(18-10-4-1-5-11-18,19-12-6-2-7-13-19)14-17-21-15-8-3-9-16-21;/h6-9,12-13,18,21,23,26-27,30,33H,10-11,14-16H2,1-5H3;1,4-5,10-11,19,22H,2-3,6-9,12-17H2;1H/t18-,21+,23-,26-,27+,30+;;/m1../s1. The lowest BCUT2D eigenvalue weighted by molar-refractivity contribution is -0.176. The maximum absolute atomic E-state index is 13.5. The number of carbonyl (C=O) groups is 2. The summed E-state index contributed by atoms with van der Waals surface area (Å²) in [6.07, 6.45) is 12.2. The number of nitrogens with zero attached hydrogens (tertiary/aromatic N) is 2. The molecule has 65 heavy (non-hydrogen) atoms. The lowest BCUT2D eigenvalue weighted by atomic mass is 9.63. The van der Waals surface area contributed by atoms with Crippen molar-refractivity contribution in [2.45, 2.75) is 101 Å². The van der Waals surface area contributed by atoms with E-state index in [4.69, 9.17) is 28.4 Å². The first-order valence-corrected chi connectivity index (χ1v) is 23.7. The molecule has 4 fully saturated rings. The second-order valence-corrected chi connectivity index (χ2v) is 18.6. The molecule has 3 aliphatic heterocycles. The van der Waals surface area contributed by atoms with Gasteiger partial charge in [0.2, 0.25) is 5.75 Å². The van der Waals surface area contributed by atoms with E-state index < -0.39 is 29.7 Å². The lowest BCUT2D eigenvalue weighted by Crippen LogP contribution is -2.58. The number of fused-ring (bicyclic) bond motifs is 6. The van der Waals surface area contributed by atoms with Crippen molar-refractivity contribution in [2.24, 2.45) is 23.7 Å². The number of halogens is 1. The highest BCUT2D eigenvalue weighted by molar-refractivity contribution is 5.91. The molecule has 0 spiro atoms. The van der Waals surface area contributed by atoms with Gasteiger partial charge in [-0.25, -0.2) is 4.79 Å². The number of para-hydroxylation sites is 1. The largest absolute Gasteiger partial charge is 0.493 e. The maximum atomic E-state index is 13.5. The number of hydrogen-bond acceptors (Lipinski definition) is 11. The summed E-state index contributed by atoms with van der Waals surface area (Å²) >= 11 is 0. The predicted molar refractivity (Wildman–Crippen MR) is 253 cm³/mol. The highest BCUT2D eigenvalue weighted by Crippen LogP contribution is 2.51. The van der Waals surface area contributed by atoms with Gasteiger partial charge in [0.05, 0.1) is 51.6 Å². The summed E-state index contributed by atoms with van der Waals surface area (Å²) in [6.45, 7) is 5.22. The molecule has 5 aliphatic rings. The van der Waals surface area contributed by atoms with E-state index >= 15 is 0 Å². The summed E-state index contributed by atoms with van der Waals surface area (Å²) in [4.78, 5) is 35.6. The van der Waals surface area contributed by atoms with Crippen molar-refractivity contribution in [3.05, 3.63) is 89.1 Å².